The van der Waals surface area contributed by atoms with Crippen molar-refractivity contribution in [1.82, 2.24) is 20.4 Å². The largest absolute Gasteiger partial charge is 0.352 e. The molecule has 0 aliphatic carbocycles. The number of hydrogen-bond donors (Lipinski definition) is 2. The van der Waals surface area contributed by atoms with Gasteiger partial charge < -0.3 is 10.6 Å². The molecule has 0 aliphatic heterocycles. The molecule has 5 heteroatoms. The van der Waals surface area contributed by atoms with Gasteiger partial charge in [0.25, 0.3) is 0 Å². The van der Waals surface area contributed by atoms with E-state index in [1.165, 1.54) is 5.56 Å². The quantitative estimate of drug-likeness (QED) is 0.556. The number of hydrogen-bond acceptors (Lipinski definition) is 2. The van der Waals surface area contributed by atoms with Gasteiger partial charge in [0.05, 0.1) is 11.7 Å². The average molecular weight is 333 g/mol. The summed E-state index contributed by atoms with van der Waals surface area (Å²) in [5.74, 6) is 0.770. The molecule has 2 aromatic carbocycles. The van der Waals surface area contributed by atoms with E-state index in [9.17, 15) is 0 Å². The van der Waals surface area contributed by atoms with E-state index in [0.717, 1.165) is 17.2 Å². The Kier molecular flexibility index (Phi) is 5.46. The van der Waals surface area contributed by atoms with Gasteiger partial charge in [-0.15, -0.1) is 0 Å². The van der Waals surface area contributed by atoms with Crippen molar-refractivity contribution in [2.24, 2.45) is 4.99 Å². The fourth-order valence-electron chi connectivity index (χ4n) is 2.70. The van der Waals surface area contributed by atoms with Crippen LogP contribution in [0.4, 0.5) is 0 Å². The van der Waals surface area contributed by atoms with E-state index < -0.39 is 0 Å². The lowest BCUT2D eigenvalue weighted by Crippen LogP contribution is -2.38. The van der Waals surface area contributed by atoms with E-state index in [0.29, 0.717) is 6.54 Å². The van der Waals surface area contributed by atoms with Crippen molar-refractivity contribution in [3.8, 4) is 5.69 Å². The standard InChI is InChI=1S/C20H23N5/c1-16(17-9-4-3-5-10-17)24-20(21-2)22-15-18-11-6-7-12-19(18)25-14-8-13-23-25/h3-14,16H,15H2,1-2H3,(H2,21,22,24). The SMILES string of the molecule is CN=C(NCc1ccccc1-n1cccn1)NC(C)c1ccccc1. The van der Waals surface area contributed by atoms with E-state index in [-0.39, 0.29) is 6.04 Å². The van der Waals surface area contributed by atoms with E-state index >= 15 is 0 Å². The Bertz CT molecular complexity index is 809. The van der Waals surface area contributed by atoms with Crippen LogP contribution in [0.3, 0.4) is 0 Å². The van der Waals surface area contributed by atoms with Crippen molar-refractivity contribution >= 4 is 5.96 Å². The molecule has 3 aromatic rings. The summed E-state index contributed by atoms with van der Waals surface area (Å²) in [6.45, 7) is 2.79. The van der Waals surface area contributed by atoms with Gasteiger partial charge in [0, 0.05) is 26.0 Å². The van der Waals surface area contributed by atoms with E-state index in [1.807, 2.05) is 47.3 Å². The zero-order chi connectivity index (χ0) is 17.5. The van der Waals surface area contributed by atoms with Crippen LogP contribution in [0.15, 0.2) is 78.0 Å². The van der Waals surface area contributed by atoms with Crippen LogP contribution in [0.5, 0.6) is 0 Å². The van der Waals surface area contributed by atoms with Gasteiger partial charge in [-0.25, -0.2) is 4.68 Å². The molecule has 1 atom stereocenters. The third kappa shape index (κ3) is 4.26. The fraction of sp³-hybridized carbons (Fsp3) is 0.200. The third-order valence-corrected chi connectivity index (χ3v) is 4.07. The number of rotatable bonds is 5. The first-order chi connectivity index (χ1) is 12.3. The highest BCUT2D eigenvalue weighted by atomic mass is 15.3. The van der Waals surface area contributed by atoms with Gasteiger partial charge in [0.15, 0.2) is 5.96 Å². The molecular formula is C20H23N5. The summed E-state index contributed by atoms with van der Waals surface area (Å²) in [7, 11) is 1.78. The number of aromatic nitrogens is 2. The van der Waals surface area contributed by atoms with Gasteiger partial charge in [-0.2, -0.15) is 5.10 Å². The second-order valence-electron chi connectivity index (χ2n) is 5.78. The zero-order valence-corrected chi connectivity index (χ0v) is 14.6. The van der Waals surface area contributed by atoms with Crippen molar-refractivity contribution < 1.29 is 0 Å². The van der Waals surface area contributed by atoms with Gasteiger partial charge in [-0.05, 0) is 30.2 Å². The molecule has 1 unspecified atom stereocenters. The predicted octanol–water partition coefficient (Wildman–Crippen LogP) is 3.30. The van der Waals surface area contributed by atoms with Crippen LogP contribution in [0.25, 0.3) is 5.69 Å². The first-order valence-corrected chi connectivity index (χ1v) is 8.38. The number of nitrogens with zero attached hydrogens (tertiary/aromatic N) is 3. The molecular weight excluding hydrogens is 310 g/mol. The number of benzene rings is 2. The number of aliphatic imine (C=N–C) groups is 1. The zero-order valence-electron chi connectivity index (χ0n) is 14.6. The molecule has 0 spiro atoms. The smallest absolute Gasteiger partial charge is 0.191 e. The Morgan fingerprint density at radius 2 is 1.84 bits per heavy atom. The second-order valence-corrected chi connectivity index (χ2v) is 5.78. The molecule has 0 saturated heterocycles. The van der Waals surface area contributed by atoms with Crippen molar-refractivity contribution in [3.63, 3.8) is 0 Å². The molecule has 0 amide bonds. The fourth-order valence-corrected chi connectivity index (χ4v) is 2.70. The highest BCUT2D eigenvalue weighted by molar-refractivity contribution is 5.80. The maximum absolute atomic E-state index is 4.33. The summed E-state index contributed by atoms with van der Waals surface area (Å²) in [4.78, 5) is 4.33. The Hall–Kier alpha value is -3.08. The molecule has 128 valence electrons. The molecule has 5 nitrogen and oxygen atoms in total. The number of guanidine groups is 1. The van der Waals surface area contributed by atoms with Crippen LogP contribution < -0.4 is 10.6 Å². The Morgan fingerprint density at radius 1 is 1.08 bits per heavy atom. The maximum Gasteiger partial charge on any atom is 0.191 e. The van der Waals surface area contributed by atoms with Gasteiger partial charge in [-0.1, -0.05) is 48.5 Å². The van der Waals surface area contributed by atoms with E-state index in [2.05, 4.69) is 51.9 Å². The van der Waals surface area contributed by atoms with E-state index in [1.54, 1.807) is 13.2 Å². The molecule has 1 heterocycles. The van der Waals surface area contributed by atoms with Crippen molar-refractivity contribution in [2.75, 3.05) is 7.05 Å². The van der Waals surface area contributed by atoms with Gasteiger partial charge in [0.2, 0.25) is 0 Å². The molecule has 0 saturated carbocycles. The Labute approximate surface area is 148 Å². The van der Waals surface area contributed by atoms with Crippen LogP contribution in [-0.2, 0) is 6.54 Å². The molecule has 25 heavy (non-hydrogen) atoms. The van der Waals surface area contributed by atoms with Gasteiger partial charge in [-0.3, -0.25) is 4.99 Å². The minimum Gasteiger partial charge on any atom is -0.352 e. The molecule has 0 fully saturated rings. The lowest BCUT2D eigenvalue weighted by molar-refractivity contribution is 0.684. The summed E-state index contributed by atoms with van der Waals surface area (Å²) in [6, 6.07) is 20.6. The predicted molar refractivity (Wildman–Crippen MR) is 102 cm³/mol. The molecule has 3 rings (SSSR count). The van der Waals surface area contributed by atoms with Crippen LogP contribution in [0.2, 0.25) is 0 Å². The molecule has 2 N–H and O–H groups in total. The minimum atomic E-state index is 0.175. The third-order valence-electron chi connectivity index (χ3n) is 4.07. The molecule has 0 radical (unpaired) electrons. The first kappa shape index (κ1) is 16.8. The van der Waals surface area contributed by atoms with Crippen LogP contribution in [0.1, 0.15) is 24.1 Å². The molecule has 0 bridgehead atoms. The first-order valence-electron chi connectivity index (χ1n) is 8.38. The summed E-state index contributed by atoms with van der Waals surface area (Å²) in [5.41, 5.74) is 3.44. The van der Waals surface area contributed by atoms with Crippen molar-refractivity contribution in [3.05, 3.63) is 84.2 Å². The monoisotopic (exact) mass is 333 g/mol. The van der Waals surface area contributed by atoms with Crippen LogP contribution >= 0.6 is 0 Å². The van der Waals surface area contributed by atoms with Crippen LogP contribution in [0, 0.1) is 0 Å². The number of nitrogens with one attached hydrogen (secondary N) is 2. The lowest BCUT2D eigenvalue weighted by atomic mass is 10.1. The molecule has 1 aromatic heterocycles. The second kappa shape index (κ2) is 8.15. The summed E-state index contributed by atoms with van der Waals surface area (Å²) < 4.78 is 1.87. The van der Waals surface area contributed by atoms with Crippen LogP contribution in [-0.4, -0.2) is 22.8 Å². The lowest BCUT2D eigenvalue weighted by Gasteiger charge is -2.19. The molecule has 0 aliphatic rings. The van der Waals surface area contributed by atoms with Gasteiger partial charge >= 0.3 is 0 Å². The minimum absolute atomic E-state index is 0.175. The normalized spacial score (nSPS) is 12.6. The highest BCUT2D eigenvalue weighted by Gasteiger charge is 2.09. The number of para-hydroxylation sites is 1. The maximum atomic E-state index is 4.33. The average Bonchev–Trinajstić information content (AvgIpc) is 3.20. The van der Waals surface area contributed by atoms with Crippen molar-refractivity contribution in [2.45, 2.75) is 19.5 Å². The Balaban J connectivity index is 1.66. The summed E-state index contributed by atoms with van der Waals surface area (Å²) in [6.07, 6.45) is 3.73. The van der Waals surface area contributed by atoms with E-state index in [4.69, 9.17) is 0 Å². The Morgan fingerprint density at radius 3 is 2.56 bits per heavy atom. The van der Waals surface area contributed by atoms with Crippen molar-refractivity contribution in [1.29, 1.82) is 0 Å². The summed E-state index contributed by atoms with van der Waals surface area (Å²) in [5, 5.41) is 11.1. The highest BCUT2D eigenvalue weighted by Crippen LogP contribution is 2.14. The topological polar surface area (TPSA) is 54.2 Å². The van der Waals surface area contributed by atoms with Gasteiger partial charge in [0.1, 0.15) is 0 Å². The summed E-state index contributed by atoms with van der Waals surface area (Å²) >= 11 is 0.